The van der Waals surface area contributed by atoms with Gasteiger partial charge in [0.1, 0.15) is 35.7 Å². The number of anilines is 3. The second-order valence-electron chi connectivity index (χ2n) is 10.2. The number of hydrogen-bond acceptors (Lipinski definition) is 9. The maximum Gasteiger partial charge on any atom is 0.416 e. The van der Waals surface area contributed by atoms with Crippen LogP contribution in [-0.4, -0.2) is 61.2 Å². The number of carbonyl (C=O) groups excluding carboxylic acids is 1. The van der Waals surface area contributed by atoms with E-state index in [4.69, 9.17) is 14.6 Å². The number of alkyl halides is 3. The van der Waals surface area contributed by atoms with Gasteiger partial charge in [0.2, 0.25) is 0 Å². The van der Waals surface area contributed by atoms with Gasteiger partial charge in [-0.05, 0) is 49.2 Å². The fraction of sp³-hybridized carbons (Fsp3) is 0.200. The summed E-state index contributed by atoms with van der Waals surface area (Å²) < 4.78 is 52.5. The molecule has 0 saturated carbocycles. The van der Waals surface area contributed by atoms with Gasteiger partial charge in [-0.3, -0.25) is 0 Å². The fourth-order valence-electron chi connectivity index (χ4n) is 5.02. The number of imidazole rings is 1. The van der Waals surface area contributed by atoms with E-state index in [-0.39, 0.29) is 47.0 Å². The summed E-state index contributed by atoms with van der Waals surface area (Å²) in [5.41, 5.74) is 0.0828. The SMILES string of the molecule is O=C(Nc1cccc(Oc2ccnc(C(=O)O)c2)c1)Nc1cc(C(F)(F)F)ccc1OCC1CCCN1c1ncnc2nc[nH]c12. The molecule has 0 aliphatic carbocycles. The van der Waals surface area contributed by atoms with E-state index in [1.807, 2.05) is 4.90 Å². The van der Waals surface area contributed by atoms with Crippen molar-refractivity contribution in [2.75, 3.05) is 28.7 Å². The van der Waals surface area contributed by atoms with Crippen LogP contribution < -0.4 is 25.0 Å². The minimum absolute atomic E-state index is 0.0494. The first kappa shape index (κ1) is 30.1. The first-order chi connectivity index (χ1) is 22.1. The summed E-state index contributed by atoms with van der Waals surface area (Å²) in [7, 11) is 0. The number of amides is 2. The molecule has 3 aromatic heterocycles. The van der Waals surface area contributed by atoms with Gasteiger partial charge in [-0.25, -0.2) is 29.5 Å². The number of aromatic amines is 1. The third kappa shape index (κ3) is 6.74. The number of nitrogens with zero attached hydrogens (tertiary/aromatic N) is 5. The van der Waals surface area contributed by atoms with E-state index in [0.717, 1.165) is 25.0 Å². The maximum absolute atomic E-state index is 13.6. The van der Waals surface area contributed by atoms with E-state index >= 15 is 0 Å². The number of carboxylic acid groups (broad SMARTS) is 1. The van der Waals surface area contributed by atoms with Gasteiger partial charge < -0.3 is 35.1 Å². The molecule has 1 aliphatic rings. The molecule has 1 atom stereocenters. The van der Waals surface area contributed by atoms with E-state index in [0.29, 0.717) is 23.5 Å². The summed E-state index contributed by atoms with van der Waals surface area (Å²) in [5, 5.41) is 14.2. The molecule has 4 N–H and O–H groups in total. The number of urea groups is 1. The van der Waals surface area contributed by atoms with Crippen LogP contribution >= 0.6 is 0 Å². The molecule has 46 heavy (non-hydrogen) atoms. The summed E-state index contributed by atoms with van der Waals surface area (Å²) in [6.45, 7) is 0.795. The molecular formula is C30H25F3N8O5. The normalized spacial score (nSPS) is 14.7. The van der Waals surface area contributed by atoms with Gasteiger partial charge in [-0.1, -0.05) is 6.07 Å². The van der Waals surface area contributed by atoms with Crippen molar-refractivity contribution in [1.29, 1.82) is 0 Å². The predicted octanol–water partition coefficient (Wildman–Crippen LogP) is 5.95. The number of H-pyrrole nitrogens is 1. The Morgan fingerprint density at radius 3 is 2.70 bits per heavy atom. The first-order valence-corrected chi connectivity index (χ1v) is 13.9. The van der Waals surface area contributed by atoms with Gasteiger partial charge in [0, 0.05) is 30.6 Å². The van der Waals surface area contributed by atoms with Gasteiger partial charge in [-0.15, -0.1) is 0 Å². The molecule has 4 heterocycles. The number of halogens is 3. The second-order valence-corrected chi connectivity index (χ2v) is 10.2. The quantitative estimate of drug-likeness (QED) is 0.152. The number of rotatable bonds is 9. The molecule has 1 saturated heterocycles. The summed E-state index contributed by atoms with van der Waals surface area (Å²) >= 11 is 0. The summed E-state index contributed by atoms with van der Waals surface area (Å²) in [4.78, 5) is 45.7. The first-order valence-electron chi connectivity index (χ1n) is 13.9. The lowest BCUT2D eigenvalue weighted by Gasteiger charge is -2.26. The van der Waals surface area contributed by atoms with Crippen molar-refractivity contribution in [1.82, 2.24) is 24.9 Å². The van der Waals surface area contributed by atoms with E-state index in [1.165, 1.54) is 43.1 Å². The standard InChI is InChI=1S/C30H25F3N8O5/c31-30(32,33)17-6-7-24(45-14-19-4-2-10-41(19)27-25-26(36-15-35-25)37-16-38-27)22(11-17)40-29(44)39-18-3-1-5-20(12-18)46-21-8-9-34-23(13-21)28(42)43/h1,3,5-9,11-13,15-16,19H,2,4,10,14H2,(H,42,43)(H2,39,40,44)(H,35,36,37,38). The fourth-order valence-corrected chi connectivity index (χ4v) is 5.02. The Morgan fingerprint density at radius 2 is 1.87 bits per heavy atom. The molecule has 16 heteroatoms. The molecule has 2 amide bonds. The number of carboxylic acids is 1. The molecular weight excluding hydrogens is 609 g/mol. The van der Waals surface area contributed by atoms with Crippen molar-refractivity contribution in [3.8, 4) is 17.2 Å². The van der Waals surface area contributed by atoms with Crippen molar-refractivity contribution in [3.63, 3.8) is 0 Å². The summed E-state index contributed by atoms with van der Waals surface area (Å²) in [5.74, 6) is -0.0584. The van der Waals surface area contributed by atoms with Crippen LogP contribution in [0.5, 0.6) is 17.2 Å². The lowest BCUT2D eigenvalue weighted by molar-refractivity contribution is -0.137. The number of benzene rings is 2. The Kier molecular flexibility index (Phi) is 8.24. The third-order valence-corrected chi connectivity index (χ3v) is 7.12. The van der Waals surface area contributed by atoms with E-state index in [9.17, 15) is 22.8 Å². The molecule has 1 aliphatic heterocycles. The third-order valence-electron chi connectivity index (χ3n) is 7.12. The van der Waals surface area contributed by atoms with Crippen molar-refractivity contribution in [2.24, 2.45) is 0 Å². The van der Waals surface area contributed by atoms with Gasteiger partial charge in [0.15, 0.2) is 17.2 Å². The highest BCUT2D eigenvalue weighted by Crippen LogP contribution is 2.36. The predicted molar refractivity (Wildman–Crippen MR) is 159 cm³/mol. The van der Waals surface area contributed by atoms with E-state index in [1.54, 1.807) is 18.2 Å². The van der Waals surface area contributed by atoms with Gasteiger partial charge in [0.25, 0.3) is 0 Å². The summed E-state index contributed by atoms with van der Waals surface area (Å²) in [6.07, 6.45) is 1.16. The lowest BCUT2D eigenvalue weighted by Crippen LogP contribution is -2.35. The van der Waals surface area contributed by atoms with Crippen LogP contribution in [0.25, 0.3) is 11.2 Å². The van der Waals surface area contributed by atoms with Crippen molar-refractivity contribution < 1.29 is 37.3 Å². The Hall–Kier alpha value is -5.93. The number of aromatic carboxylic acids is 1. The Bertz CT molecular complexity index is 1900. The average Bonchev–Trinajstić information content (AvgIpc) is 3.70. The van der Waals surface area contributed by atoms with Crippen molar-refractivity contribution >= 4 is 40.4 Å². The molecule has 13 nitrogen and oxygen atoms in total. The number of nitrogens with one attached hydrogen (secondary N) is 3. The second kappa shape index (κ2) is 12.6. The molecule has 6 rings (SSSR count). The van der Waals surface area contributed by atoms with Gasteiger partial charge in [0.05, 0.1) is 23.6 Å². The highest BCUT2D eigenvalue weighted by molar-refractivity contribution is 6.00. The number of aromatic nitrogens is 5. The minimum atomic E-state index is -4.66. The van der Waals surface area contributed by atoms with Crippen LogP contribution in [0.1, 0.15) is 28.9 Å². The zero-order valence-electron chi connectivity index (χ0n) is 23.8. The molecule has 236 valence electrons. The van der Waals surface area contributed by atoms with Crippen molar-refractivity contribution in [2.45, 2.75) is 25.1 Å². The maximum atomic E-state index is 13.6. The zero-order chi connectivity index (χ0) is 32.3. The highest BCUT2D eigenvalue weighted by atomic mass is 19.4. The Balaban J connectivity index is 1.16. The van der Waals surface area contributed by atoms with Crippen LogP contribution in [0.2, 0.25) is 0 Å². The van der Waals surface area contributed by atoms with Crippen LogP contribution in [0.15, 0.2) is 73.4 Å². The van der Waals surface area contributed by atoms with E-state index < -0.39 is 23.7 Å². The number of fused-ring (bicyclic) bond motifs is 1. The van der Waals surface area contributed by atoms with Crippen LogP contribution in [-0.2, 0) is 6.18 Å². The van der Waals surface area contributed by atoms with E-state index in [2.05, 4.69) is 35.6 Å². The van der Waals surface area contributed by atoms with Gasteiger partial charge >= 0.3 is 18.2 Å². The number of ether oxygens (including phenoxy) is 2. The van der Waals surface area contributed by atoms with Crippen LogP contribution in [0, 0.1) is 0 Å². The Morgan fingerprint density at radius 1 is 1.02 bits per heavy atom. The molecule has 5 aromatic rings. The van der Waals surface area contributed by atoms with Gasteiger partial charge in [-0.2, -0.15) is 13.2 Å². The van der Waals surface area contributed by atoms with Crippen LogP contribution in [0.3, 0.4) is 0 Å². The molecule has 1 fully saturated rings. The van der Waals surface area contributed by atoms with Crippen LogP contribution in [0.4, 0.5) is 35.2 Å². The largest absolute Gasteiger partial charge is 0.489 e. The number of pyridine rings is 1. The zero-order valence-corrected chi connectivity index (χ0v) is 23.8. The molecule has 2 aromatic carbocycles. The minimum Gasteiger partial charge on any atom is -0.489 e. The highest BCUT2D eigenvalue weighted by Gasteiger charge is 2.32. The molecule has 0 radical (unpaired) electrons. The molecule has 1 unspecified atom stereocenters. The molecule has 0 spiro atoms. The Labute approximate surface area is 258 Å². The molecule has 0 bridgehead atoms. The summed E-state index contributed by atoms with van der Waals surface area (Å²) in [6, 6.07) is 10.7. The average molecular weight is 635 g/mol. The monoisotopic (exact) mass is 634 g/mol. The topological polar surface area (TPSA) is 167 Å². The lowest BCUT2D eigenvalue weighted by atomic mass is 10.1. The number of hydrogen-bond donors (Lipinski definition) is 4. The smallest absolute Gasteiger partial charge is 0.416 e. The van der Waals surface area contributed by atoms with Crippen molar-refractivity contribution in [3.05, 3.63) is 84.7 Å². The number of carbonyl (C=O) groups is 2.